The van der Waals surface area contributed by atoms with Crippen LogP contribution in [-0.4, -0.2) is 44.5 Å². The molecule has 0 aromatic heterocycles. The zero-order valence-corrected chi connectivity index (χ0v) is 19.8. The van der Waals surface area contributed by atoms with E-state index >= 15 is 0 Å². The molecule has 3 aromatic carbocycles. The van der Waals surface area contributed by atoms with Gasteiger partial charge in [0, 0.05) is 12.8 Å². The number of ether oxygens (including phenoxy) is 4. The standard InChI is InChI=1S/C27H30N2O6/c1-20(32-2)34-19-26(30)29-25(18-33-17-21-9-5-3-6-10-21)27(31)28-22-13-15-24(16-14-22)35-23-11-7-4-8-12-23/h3-16,20,25H,17-19H2,1-2H3,(H,28,31)(H,29,30). The molecule has 0 aliphatic heterocycles. The lowest BCUT2D eigenvalue weighted by Crippen LogP contribution is -2.48. The van der Waals surface area contributed by atoms with Crippen LogP contribution in [0.4, 0.5) is 5.69 Å². The van der Waals surface area contributed by atoms with E-state index in [4.69, 9.17) is 18.9 Å². The van der Waals surface area contributed by atoms with Crippen molar-refractivity contribution < 1.29 is 28.5 Å². The highest BCUT2D eigenvalue weighted by molar-refractivity contribution is 5.97. The fourth-order valence-electron chi connectivity index (χ4n) is 3.01. The maximum absolute atomic E-state index is 13.0. The van der Waals surface area contributed by atoms with Crippen molar-refractivity contribution in [2.24, 2.45) is 0 Å². The lowest BCUT2D eigenvalue weighted by atomic mass is 10.2. The van der Waals surface area contributed by atoms with Crippen molar-refractivity contribution in [1.29, 1.82) is 0 Å². The van der Waals surface area contributed by atoms with E-state index in [-0.39, 0.29) is 13.2 Å². The molecule has 0 spiro atoms. The highest BCUT2D eigenvalue weighted by atomic mass is 16.7. The Morgan fingerprint density at radius 1 is 0.857 bits per heavy atom. The average Bonchev–Trinajstić information content (AvgIpc) is 2.89. The molecule has 8 heteroatoms. The number of nitrogens with one attached hydrogen (secondary N) is 2. The van der Waals surface area contributed by atoms with E-state index in [0.29, 0.717) is 23.8 Å². The molecular weight excluding hydrogens is 448 g/mol. The third-order valence-electron chi connectivity index (χ3n) is 4.93. The second-order valence-electron chi connectivity index (χ2n) is 7.66. The van der Waals surface area contributed by atoms with Crippen LogP contribution in [-0.2, 0) is 30.4 Å². The first kappa shape index (κ1) is 25.9. The summed E-state index contributed by atoms with van der Waals surface area (Å²) in [5, 5.41) is 5.47. The van der Waals surface area contributed by atoms with Crippen LogP contribution in [0.5, 0.6) is 11.5 Å². The third kappa shape index (κ3) is 9.21. The number of para-hydroxylation sites is 1. The van der Waals surface area contributed by atoms with Crippen LogP contribution in [0.2, 0.25) is 0 Å². The lowest BCUT2D eigenvalue weighted by molar-refractivity contribution is -0.145. The van der Waals surface area contributed by atoms with Crippen LogP contribution in [0.1, 0.15) is 12.5 Å². The zero-order valence-electron chi connectivity index (χ0n) is 19.8. The highest BCUT2D eigenvalue weighted by Crippen LogP contribution is 2.22. The van der Waals surface area contributed by atoms with Crippen LogP contribution >= 0.6 is 0 Å². The molecule has 0 saturated heterocycles. The molecule has 3 rings (SSSR count). The molecule has 35 heavy (non-hydrogen) atoms. The van der Waals surface area contributed by atoms with Gasteiger partial charge in [-0.15, -0.1) is 0 Å². The molecule has 0 radical (unpaired) electrons. The molecule has 0 heterocycles. The number of hydrogen-bond acceptors (Lipinski definition) is 6. The first-order valence-corrected chi connectivity index (χ1v) is 11.2. The summed E-state index contributed by atoms with van der Waals surface area (Å²) in [4.78, 5) is 25.3. The fourth-order valence-corrected chi connectivity index (χ4v) is 3.01. The maximum Gasteiger partial charge on any atom is 0.249 e. The number of methoxy groups -OCH3 is 1. The van der Waals surface area contributed by atoms with Crippen LogP contribution in [0.25, 0.3) is 0 Å². The summed E-state index contributed by atoms with van der Waals surface area (Å²) in [5.74, 6) is 0.481. The van der Waals surface area contributed by atoms with Crippen LogP contribution in [0, 0.1) is 0 Å². The molecule has 2 atom stereocenters. The predicted octanol–water partition coefficient (Wildman–Crippen LogP) is 4.13. The number of amides is 2. The summed E-state index contributed by atoms with van der Waals surface area (Å²) in [6.07, 6.45) is -0.543. The summed E-state index contributed by atoms with van der Waals surface area (Å²) in [6, 6.07) is 25.0. The number of benzene rings is 3. The molecule has 184 valence electrons. The van der Waals surface area contributed by atoms with E-state index in [9.17, 15) is 9.59 Å². The van der Waals surface area contributed by atoms with Gasteiger partial charge >= 0.3 is 0 Å². The zero-order chi connectivity index (χ0) is 24.9. The number of carbonyl (C=O) groups is 2. The summed E-state index contributed by atoms with van der Waals surface area (Å²) in [5.41, 5.74) is 1.52. The molecule has 0 aliphatic rings. The van der Waals surface area contributed by atoms with Crippen molar-refractivity contribution in [3.8, 4) is 11.5 Å². The van der Waals surface area contributed by atoms with E-state index in [0.717, 1.165) is 5.56 Å². The fraction of sp³-hybridized carbons (Fsp3) is 0.259. The van der Waals surface area contributed by atoms with E-state index in [1.165, 1.54) is 7.11 Å². The van der Waals surface area contributed by atoms with Gasteiger partial charge in [-0.3, -0.25) is 9.59 Å². The van der Waals surface area contributed by atoms with Crippen LogP contribution < -0.4 is 15.4 Å². The van der Waals surface area contributed by atoms with Gasteiger partial charge in [0.05, 0.1) is 13.2 Å². The quantitative estimate of drug-likeness (QED) is 0.359. The maximum atomic E-state index is 13.0. The summed E-state index contributed by atoms with van der Waals surface area (Å²) >= 11 is 0. The molecule has 0 saturated carbocycles. The Balaban J connectivity index is 1.58. The van der Waals surface area contributed by atoms with E-state index < -0.39 is 24.1 Å². The van der Waals surface area contributed by atoms with Gasteiger partial charge in [-0.05, 0) is 48.9 Å². The summed E-state index contributed by atoms with van der Waals surface area (Å²) < 4.78 is 21.7. The van der Waals surface area contributed by atoms with Crippen molar-refractivity contribution in [3.63, 3.8) is 0 Å². The van der Waals surface area contributed by atoms with Crippen molar-refractivity contribution in [1.82, 2.24) is 5.32 Å². The van der Waals surface area contributed by atoms with E-state index in [1.807, 2.05) is 60.7 Å². The number of rotatable bonds is 13. The monoisotopic (exact) mass is 478 g/mol. The first-order valence-electron chi connectivity index (χ1n) is 11.2. The van der Waals surface area contributed by atoms with Gasteiger partial charge in [0.2, 0.25) is 11.8 Å². The second-order valence-corrected chi connectivity index (χ2v) is 7.66. The largest absolute Gasteiger partial charge is 0.457 e. The lowest BCUT2D eigenvalue weighted by Gasteiger charge is -2.19. The minimum absolute atomic E-state index is 0.0124. The van der Waals surface area contributed by atoms with Gasteiger partial charge in [0.15, 0.2) is 6.29 Å². The second kappa shape index (κ2) is 13.9. The molecule has 2 N–H and O–H groups in total. The van der Waals surface area contributed by atoms with Gasteiger partial charge in [0.1, 0.15) is 24.1 Å². The highest BCUT2D eigenvalue weighted by Gasteiger charge is 2.22. The van der Waals surface area contributed by atoms with Crippen molar-refractivity contribution in [2.45, 2.75) is 25.9 Å². The molecule has 2 amide bonds. The summed E-state index contributed by atoms with van der Waals surface area (Å²) in [6.45, 7) is 1.72. The van der Waals surface area contributed by atoms with Gasteiger partial charge < -0.3 is 29.6 Å². The van der Waals surface area contributed by atoms with E-state index in [1.54, 1.807) is 31.2 Å². The van der Waals surface area contributed by atoms with Crippen molar-refractivity contribution in [3.05, 3.63) is 90.5 Å². The molecular formula is C27H30N2O6. The predicted molar refractivity (Wildman–Crippen MR) is 132 cm³/mol. The first-order chi connectivity index (χ1) is 17.0. The molecule has 0 bridgehead atoms. The van der Waals surface area contributed by atoms with Crippen molar-refractivity contribution in [2.75, 3.05) is 25.6 Å². The summed E-state index contributed by atoms with van der Waals surface area (Å²) in [7, 11) is 1.48. The Labute approximate surface area is 205 Å². The van der Waals surface area contributed by atoms with Crippen LogP contribution in [0.3, 0.4) is 0 Å². The Kier molecular flexibility index (Phi) is 10.3. The van der Waals surface area contributed by atoms with E-state index in [2.05, 4.69) is 10.6 Å². The Morgan fingerprint density at radius 3 is 2.14 bits per heavy atom. The third-order valence-corrected chi connectivity index (χ3v) is 4.93. The normalized spacial score (nSPS) is 12.4. The molecule has 2 unspecified atom stereocenters. The Bertz CT molecular complexity index is 1040. The van der Waals surface area contributed by atoms with Gasteiger partial charge in [-0.1, -0.05) is 48.5 Å². The Morgan fingerprint density at radius 2 is 1.49 bits per heavy atom. The Hall–Kier alpha value is -3.72. The molecule has 0 aliphatic carbocycles. The molecule has 3 aromatic rings. The van der Waals surface area contributed by atoms with Gasteiger partial charge in [-0.25, -0.2) is 0 Å². The minimum atomic E-state index is -0.923. The minimum Gasteiger partial charge on any atom is -0.457 e. The SMILES string of the molecule is COC(C)OCC(=O)NC(COCc1ccccc1)C(=O)Nc1ccc(Oc2ccccc2)cc1. The number of anilines is 1. The van der Waals surface area contributed by atoms with Gasteiger partial charge in [-0.2, -0.15) is 0 Å². The smallest absolute Gasteiger partial charge is 0.249 e. The molecule has 0 fully saturated rings. The molecule has 8 nitrogen and oxygen atoms in total. The van der Waals surface area contributed by atoms with Crippen molar-refractivity contribution >= 4 is 17.5 Å². The number of carbonyl (C=O) groups excluding carboxylic acids is 2. The van der Waals surface area contributed by atoms with Crippen LogP contribution in [0.15, 0.2) is 84.9 Å². The number of hydrogen-bond donors (Lipinski definition) is 2. The average molecular weight is 479 g/mol. The van der Waals surface area contributed by atoms with Gasteiger partial charge in [0.25, 0.3) is 0 Å². The topological polar surface area (TPSA) is 95.1 Å².